The first kappa shape index (κ1) is 32.5. The highest BCUT2D eigenvalue weighted by atomic mass is 19.1. The number of hydrogen-bond acceptors (Lipinski definition) is 4. The molecule has 0 fully saturated rings. The van der Waals surface area contributed by atoms with Gasteiger partial charge in [-0.2, -0.15) is 0 Å². The molecule has 0 atom stereocenters. The summed E-state index contributed by atoms with van der Waals surface area (Å²) in [6, 6.07) is 58.5. The van der Waals surface area contributed by atoms with Crippen molar-refractivity contribution in [1.82, 2.24) is 0 Å². The summed E-state index contributed by atoms with van der Waals surface area (Å²) in [6.07, 6.45) is 0. The third-order valence-electron chi connectivity index (χ3n) is 11.5. The van der Waals surface area contributed by atoms with E-state index >= 15 is 8.78 Å². The van der Waals surface area contributed by atoms with Crippen LogP contribution in [-0.2, 0) is 0 Å². The molecule has 12 aromatic rings. The maximum Gasteiger partial charge on any atom is 0.159 e. The van der Waals surface area contributed by atoms with Gasteiger partial charge in [-0.1, -0.05) is 121 Å². The van der Waals surface area contributed by atoms with E-state index in [-0.39, 0.29) is 11.6 Å². The Hall–Kier alpha value is -7.70. The lowest BCUT2D eigenvalue weighted by molar-refractivity contribution is 0.628. The van der Waals surface area contributed by atoms with E-state index in [1.807, 2.05) is 107 Å². The predicted octanol–water partition coefficient (Wildman–Crippen LogP) is 15.6. The molecular formula is C52H30F2N2O2. The molecule has 0 aliphatic carbocycles. The Kier molecular flexibility index (Phi) is 6.96. The van der Waals surface area contributed by atoms with Crippen molar-refractivity contribution in [2.45, 2.75) is 0 Å². The standard InChI is InChI=1S/C52H30F2N2O2/c53-39-15-3-5-17-43(39)55(45-19-9-13-35-33-11-1-7-21-47(33)57-51(35)45)41-29-25-31-24-28-38-42(30-26-32-23-27-37(41)49(31)50(32)38)56(44-18-6-4-16-40(44)54)46-20-10-14-36-34-12-2-8-22-48(34)58-52(36)46/h1-30H. The van der Waals surface area contributed by atoms with Crippen LogP contribution in [0.25, 0.3) is 76.2 Å². The van der Waals surface area contributed by atoms with Gasteiger partial charge in [-0.15, -0.1) is 0 Å². The fraction of sp³-hybridized carbons (Fsp3) is 0. The molecule has 12 rings (SSSR count). The molecule has 2 heterocycles. The molecule has 10 aromatic carbocycles. The number of hydrogen-bond donors (Lipinski definition) is 0. The van der Waals surface area contributed by atoms with Crippen LogP contribution in [-0.4, -0.2) is 0 Å². The lowest BCUT2D eigenvalue weighted by Crippen LogP contribution is -2.13. The molecule has 6 heteroatoms. The van der Waals surface area contributed by atoms with Gasteiger partial charge >= 0.3 is 0 Å². The lowest BCUT2D eigenvalue weighted by atomic mass is 9.91. The molecule has 0 amide bonds. The van der Waals surface area contributed by atoms with Crippen molar-refractivity contribution < 1.29 is 17.6 Å². The van der Waals surface area contributed by atoms with E-state index < -0.39 is 0 Å². The second-order valence-electron chi connectivity index (χ2n) is 14.7. The summed E-state index contributed by atoms with van der Waals surface area (Å²) in [5.41, 5.74) is 6.69. The molecular weight excluding hydrogens is 723 g/mol. The Bertz CT molecular complexity index is 3350. The van der Waals surface area contributed by atoms with E-state index in [0.717, 1.165) is 87.8 Å². The van der Waals surface area contributed by atoms with Crippen LogP contribution in [0.1, 0.15) is 0 Å². The van der Waals surface area contributed by atoms with Crippen LogP contribution in [0.5, 0.6) is 0 Å². The predicted molar refractivity (Wildman–Crippen MR) is 234 cm³/mol. The van der Waals surface area contributed by atoms with Crippen molar-refractivity contribution in [3.63, 3.8) is 0 Å². The molecule has 0 bridgehead atoms. The van der Waals surface area contributed by atoms with Crippen LogP contribution in [0.4, 0.5) is 42.9 Å². The van der Waals surface area contributed by atoms with Crippen LogP contribution in [0.2, 0.25) is 0 Å². The number of nitrogens with zero attached hydrogens (tertiary/aromatic N) is 2. The van der Waals surface area contributed by atoms with E-state index in [1.165, 1.54) is 12.1 Å². The van der Waals surface area contributed by atoms with Gasteiger partial charge in [-0.3, -0.25) is 0 Å². The minimum absolute atomic E-state index is 0.358. The molecule has 0 saturated heterocycles. The second-order valence-corrected chi connectivity index (χ2v) is 14.7. The van der Waals surface area contributed by atoms with E-state index in [9.17, 15) is 0 Å². The average molecular weight is 753 g/mol. The Labute approximate surface area is 330 Å². The van der Waals surface area contributed by atoms with Crippen molar-refractivity contribution in [1.29, 1.82) is 0 Å². The van der Waals surface area contributed by atoms with E-state index in [2.05, 4.69) is 48.5 Å². The molecule has 0 radical (unpaired) electrons. The minimum Gasteiger partial charge on any atom is -0.454 e. The van der Waals surface area contributed by atoms with Gasteiger partial charge in [-0.25, -0.2) is 8.78 Å². The third-order valence-corrected chi connectivity index (χ3v) is 11.5. The summed E-state index contributed by atoms with van der Waals surface area (Å²) in [5.74, 6) is -0.715. The molecule has 0 saturated carbocycles. The molecule has 274 valence electrons. The maximum absolute atomic E-state index is 16.2. The summed E-state index contributed by atoms with van der Waals surface area (Å²) in [5, 5.41) is 9.84. The Morgan fingerprint density at radius 1 is 0.293 bits per heavy atom. The van der Waals surface area contributed by atoms with Crippen molar-refractivity contribution >= 4 is 110 Å². The zero-order chi connectivity index (χ0) is 38.5. The zero-order valence-corrected chi connectivity index (χ0v) is 30.8. The van der Waals surface area contributed by atoms with Gasteiger partial charge in [0.1, 0.15) is 22.8 Å². The van der Waals surface area contributed by atoms with Crippen molar-refractivity contribution in [2.75, 3.05) is 9.80 Å². The quantitative estimate of drug-likeness (QED) is 0.158. The highest BCUT2D eigenvalue weighted by molar-refractivity contribution is 6.28. The molecule has 4 nitrogen and oxygen atoms in total. The fourth-order valence-electron chi connectivity index (χ4n) is 9.02. The maximum atomic E-state index is 16.2. The third kappa shape index (κ3) is 4.66. The van der Waals surface area contributed by atoms with Gasteiger partial charge in [0.15, 0.2) is 11.2 Å². The SMILES string of the molecule is Fc1ccccc1N(c1ccc2ccc3c(N(c4ccccc4F)c4cccc5c4oc4ccccc45)ccc4ccc1c2c43)c1cccc2c1oc1ccccc12. The fourth-order valence-corrected chi connectivity index (χ4v) is 9.02. The topological polar surface area (TPSA) is 32.8 Å². The van der Waals surface area contributed by atoms with Crippen molar-refractivity contribution in [3.05, 3.63) is 194 Å². The van der Waals surface area contributed by atoms with Crippen LogP contribution >= 0.6 is 0 Å². The van der Waals surface area contributed by atoms with Gasteiger partial charge in [0.2, 0.25) is 0 Å². The normalized spacial score (nSPS) is 12.0. The van der Waals surface area contributed by atoms with Gasteiger partial charge in [0, 0.05) is 32.3 Å². The van der Waals surface area contributed by atoms with Crippen LogP contribution < -0.4 is 9.80 Å². The minimum atomic E-state index is -0.358. The second kappa shape index (κ2) is 12.4. The molecule has 0 N–H and O–H groups in total. The number of rotatable bonds is 6. The summed E-state index contributed by atoms with van der Waals surface area (Å²) in [7, 11) is 0. The summed E-state index contributed by atoms with van der Waals surface area (Å²) < 4.78 is 45.4. The van der Waals surface area contributed by atoms with Gasteiger partial charge in [0.05, 0.1) is 34.1 Å². The monoisotopic (exact) mass is 752 g/mol. The van der Waals surface area contributed by atoms with Crippen LogP contribution in [0.15, 0.2) is 191 Å². The first-order valence-electron chi connectivity index (χ1n) is 19.2. The molecule has 0 aliphatic rings. The Balaban J connectivity index is 1.15. The number of benzene rings is 10. The molecule has 0 unspecified atom stereocenters. The van der Waals surface area contributed by atoms with Gasteiger partial charge in [0.25, 0.3) is 0 Å². The summed E-state index contributed by atoms with van der Waals surface area (Å²) >= 11 is 0. The largest absolute Gasteiger partial charge is 0.454 e. The molecule has 58 heavy (non-hydrogen) atoms. The molecule has 2 aromatic heterocycles. The van der Waals surface area contributed by atoms with Gasteiger partial charge in [-0.05, 0) is 82.2 Å². The first-order valence-corrected chi connectivity index (χ1v) is 19.2. The smallest absolute Gasteiger partial charge is 0.159 e. The van der Waals surface area contributed by atoms with Crippen molar-refractivity contribution in [2.24, 2.45) is 0 Å². The lowest BCUT2D eigenvalue weighted by Gasteiger charge is -2.29. The van der Waals surface area contributed by atoms with E-state index in [4.69, 9.17) is 8.83 Å². The number of halogens is 2. The van der Waals surface area contributed by atoms with E-state index in [0.29, 0.717) is 22.5 Å². The first-order chi connectivity index (χ1) is 28.6. The summed E-state index contributed by atoms with van der Waals surface area (Å²) in [6.45, 7) is 0. The van der Waals surface area contributed by atoms with Crippen LogP contribution in [0.3, 0.4) is 0 Å². The number of furan rings is 2. The highest BCUT2D eigenvalue weighted by Gasteiger charge is 2.27. The number of para-hydroxylation sites is 6. The Morgan fingerprint density at radius 3 is 1.14 bits per heavy atom. The molecule has 0 spiro atoms. The number of fused-ring (bicyclic) bond motifs is 6. The highest BCUT2D eigenvalue weighted by Crippen LogP contribution is 2.50. The van der Waals surface area contributed by atoms with Gasteiger partial charge < -0.3 is 18.6 Å². The Morgan fingerprint density at radius 2 is 0.672 bits per heavy atom. The van der Waals surface area contributed by atoms with Crippen LogP contribution in [0, 0.1) is 11.6 Å². The summed E-state index contributed by atoms with van der Waals surface area (Å²) in [4.78, 5) is 3.95. The number of anilines is 6. The zero-order valence-electron chi connectivity index (χ0n) is 30.8. The van der Waals surface area contributed by atoms with Crippen molar-refractivity contribution in [3.8, 4) is 0 Å². The van der Waals surface area contributed by atoms with E-state index in [1.54, 1.807) is 24.3 Å². The average Bonchev–Trinajstić information content (AvgIpc) is 3.85. The molecule has 0 aliphatic heterocycles.